The Morgan fingerprint density at radius 3 is 1.50 bits per heavy atom. The van der Waals surface area contributed by atoms with Crippen molar-refractivity contribution in [2.45, 2.75) is 43.6 Å². The second-order valence-corrected chi connectivity index (χ2v) is 13.3. The first kappa shape index (κ1) is 31.5. The maximum Gasteiger partial charge on any atom is 0.558 e. The van der Waals surface area contributed by atoms with E-state index in [0.717, 1.165) is 14.8 Å². The van der Waals surface area contributed by atoms with Crippen LogP contribution in [0.15, 0.2) is 0 Å². The Bertz CT molecular complexity index is 730. The van der Waals surface area contributed by atoms with Gasteiger partial charge in [-0.05, 0) is 6.42 Å². The zero-order valence-electron chi connectivity index (χ0n) is 18.0. The molecule has 9 nitrogen and oxygen atoms in total. The number of rotatable bonds is 10. The number of quaternary nitrogens is 1. The van der Waals surface area contributed by atoms with Crippen LogP contribution in [0.2, 0.25) is 0 Å². The Balaban J connectivity index is 0.000000607. The predicted molar refractivity (Wildman–Crippen MR) is 104 cm³/mol. The highest BCUT2D eigenvalue weighted by atomic mass is 32.3. The second kappa shape index (κ2) is 11.8. The van der Waals surface area contributed by atoms with Crippen LogP contribution in [0.25, 0.3) is 4.13 Å². The largest absolute Gasteiger partial charge is 0.558 e. The molecule has 32 heavy (non-hydrogen) atoms. The van der Waals surface area contributed by atoms with E-state index in [-0.39, 0.29) is 0 Å². The zero-order valence-corrected chi connectivity index (χ0v) is 20.6. The van der Waals surface area contributed by atoms with Gasteiger partial charge < -0.3 is 21.9 Å². The minimum Gasteiger partial charge on any atom is -0.421 e. The van der Waals surface area contributed by atoms with Gasteiger partial charge in [-0.2, -0.15) is 26.3 Å². The van der Waals surface area contributed by atoms with Crippen molar-refractivity contribution in [2.75, 3.05) is 47.1 Å². The molecule has 0 N–H and O–H groups in total. The van der Waals surface area contributed by atoms with Gasteiger partial charge in [-0.15, -0.1) is 0 Å². The molecule has 0 atom stereocenters. The van der Waals surface area contributed by atoms with Gasteiger partial charge in [0.15, 0.2) is 20.0 Å². The number of halogens is 6. The Morgan fingerprint density at radius 2 is 1.22 bits per heavy atom. The molecule has 1 aliphatic heterocycles. The molecule has 1 saturated heterocycles. The highest BCUT2D eigenvalue weighted by molar-refractivity contribution is 8.13. The fourth-order valence-electron chi connectivity index (χ4n) is 3.03. The normalized spacial score (nSPS) is 17.7. The van der Waals surface area contributed by atoms with Gasteiger partial charge in [-0.25, -0.2) is 16.8 Å². The molecule has 0 saturated carbocycles. The summed E-state index contributed by atoms with van der Waals surface area (Å²) in [5.41, 5.74) is -12.4. The van der Waals surface area contributed by atoms with E-state index >= 15 is 0 Å². The Labute approximate surface area is 185 Å². The highest BCUT2D eigenvalue weighted by Gasteiger charge is 2.49. The second-order valence-electron chi connectivity index (χ2n) is 6.94. The van der Waals surface area contributed by atoms with Crippen LogP contribution >= 0.6 is 0 Å². The summed E-state index contributed by atoms with van der Waals surface area (Å²) in [6.45, 7) is 6.00. The first-order valence-corrected chi connectivity index (χ1v) is 14.0. The molecule has 1 fully saturated rings. The van der Waals surface area contributed by atoms with E-state index in [1.54, 1.807) is 21.3 Å². The van der Waals surface area contributed by atoms with Crippen LogP contribution < -0.4 is 0 Å². The molecule has 0 spiro atoms. The predicted octanol–water partition coefficient (Wildman–Crippen LogP) is 2.87. The lowest BCUT2D eigenvalue weighted by atomic mass is 10.3. The fourth-order valence-corrected chi connectivity index (χ4v) is 6.92. The van der Waals surface area contributed by atoms with Crippen molar-refractivity contribution in [2.24, 2.45) is 0 Å². The molecule has 194 valence electrons. The molecule has 0 aromatic rings. The molecular weight excluding hydrogens is 514 g/mol. The zero-order chi connectivity index (χ0) is 25.5. The van der Waals surface area contributed by atoms with Crippen molar-refractivity contribution < 1.29 is 60.9 Å². The van der Waals surface area contributed by atoms with Crippen LogP contribution in [0.5, 0.6) is 0 Å². The van der Waals surface area contributed by atoms with Crippen LogP contribution in [0, 0.1) is 0 Å². The van der Waals surface area contributed by atoms with E-state index in [2.05, 4.69) is 6.92 Å². The Morgan fingerprint density at radius 1 is 0.844 bits per heavy atom. The molecule has 1 aliphatic rings. The molecule has 0 aromatic carbocycles. The summed E-state index contributed by atoms with van der Waals surface area (Å²) in [6, 6.07) is 0. The summed E-state index contributed by atoms with van der Waals surface area (Å²) in [7, 11) is -10.7. The van der Waals surface area contributed by atoms with E-state index in [1.807, 2.05) is 0 Å². The Hall–Kier alpha value is -0.503. The van der Waals surface area contributed by atoms with Gasteiger partial charge in [0.1, 0.15) is 6.17 Å². The molecule has 0 aliphatic carbocycles. The molecule has 1 heterocycles. The van der Waals surface area contributed by atoms with E-state index < -0.39 is 39.9 Å². The summed E-state index contributed by atoms with van der Waals surface area (Å²) < 4.78 is 127. The number of sulfonamides is 2. The standard InChI is InChI=1S/C12H28NO3Si.C2F6NO4S2/c1-5-6-9-13(10-7-8-11-13)12-17(14-2,15-3)16-4;3-1(4,5)14(10,11)9-15(12,13)2(6,7)8/h5-12H2,1-4H3;/q+1;-1. The summed E-state index contributed by atoms with van der Waals surface area (Å²) in [5.74, 6) is 0. The number of unbranched alkanes of at least 4 members (excludes halogenated alkanes) is 1. The third-order valence-electron chi connectivity index (χ3n) is 4.74. The first-order chi connectivity index (χ1) is 14.4. The minimum absolute atomic E-state index is 0.778. The Kier molecular flexibility index (Phi) is 11.6. The van der Waals surface area contributed by atoms with Crippen molar-refractivity contribution in [3.05, 3.63) is 4.13 Å². The lowest BCUT2D eigenvalue weighted by Crippen LogP contribution is -2.61. The van der Waals surface area contributed by atoms with Gasteiger partial charge in [-0.1, -0.05) is 13.3 Å². The average Bonchev–Trinajstić information content (AvgIpc) is 3.11. The van der Waals surface area contributed by atoms with Crippen LogP contribution in [-0.4, -0.2) is 88.3 Å². The van der Waals surface area contributed by atoms with Gasteiger partial charge in [0.25, 0.3) is 0 Å². The monoisotopic (exact) mass is 542 g/mol. The molecule has 0 radical (unpaired) electrons. The minimum atomic E-state index is -6.72. The average molecular weight is 543 g/mol. The van der Waals surface area contributed by atoms with Crippen LogP contribution in [0.1, 0.15) is 32.6 Å². The summed E-state index contributed by atoms with van der Waals surface area (Å²) >= 11 is 0. The van der Waals surface area contributed by atoms with Gasteiger partial charge in [0.05, 0.1) is 19.6 Å². The van der Waals surface area contributed by atoms with E-state index in [4.69, 9.17) is 13.3 Å². The number of hydrogen-bond acceptors (Lipinski definition) is 7. The molecular formula is C14H28F6N2O7S2Si. The number of hydrogen-bond donors (Lipinski definition) is 0. The SMILES string of the molecule is CCCC[N+]1(C[Si](OC)(OC)OC)CCCC1.O=S(=O)([N-]S(=O)(=O)C(F)(F)F)C(F)(F)F. The van der Waals surface area contributed by atoms with Crippen molar-refractivity contribution >= 4 is 28.9 Å². The van der Waals surface area contributed by atoms with E-state index in [9.17, 15) is 43.2 Å². The maximum atomic E-state index is 11.4. The van der Waals surface area contributed by atoms with Crippen molar-refractivity contribution in [3.63, 3.8) is 0 Å². The smallest absolute Gasteiger partial charge is 0.421 e. The summed E-state index contributed by atoms with van der Waals surface area (Å²) in [5, 5.41) is 0. The third kappa shape index (κ3) is 8.69. The molecule has 0 aromatic heterocycles. The lowest BCUT2D eigenvalue weighted by Gasteiger charge is -2.38. The number of nitrogens with zero attached hydrogens (tertiary/aromatic N) is 2. The van der Waals surface area contributed by atoms with Crippen LogP contribution in [-0.2, 0) is 33.3 Å². The quantitative estimate of drug-likeness (QED) is 0.237. The third-order valence-corrected chi connectivity index (χ3v) is 10.4. The lowest BCUT2D eigenvalue weighted by molar-refractivity contribution is -0.909. The molecule has 1 rings (SSSR count). The van der Waals surface area contributed by atoms with Gasteiger partial charge in [-0.3, -0.25) is 0 Å². The van der Waals surface area contributed by atoms with Crippen molar-refractivity contribution in [3.8, 4) is 0 Å². The maximum absolute atomic E-state index is 11.4. The molecule has 0 unspecified atom stereocenters. The summed E-state index contributed by atoms with van der Waals surface area (Å²) in [4.78, 5) is 0. The van der Waals surface area contributed by atoms with E-state index in [0.29, 0.717) is 0 Å². The van der Waals surface area contributed by atoms with Gasteiger partial charge in [0.2, 0.25) is 0 Å². The highest BCUT2D eigenvalue weighted by Crippen LogP contribution is 2.36. The molecule has 0 amide bonds. The number of alkyl halides is 6. The fraction of sp³-hybridized carbons (Fsp3) is 1.00. The molecule has 0 bridgehead atoms. The van der Waals surface area contributed by atoms with Crippen LogP contribution in [0.3, 0.4) is 0 Å². The van der Waals surface area contributed by atoms with Crippen molar-refractivity contribution in [1.29, 1.82) is 0 Å². The molecule has 18 heteroatoms. The van der Waals surface area contributed by atoms with Gasteiger partial charge >= 0.3 is 19.8 Å². The topological polar surface area (TPSA) is 110 Å². The van der Waals surface area contributed by atoms with Crippen molar-refractivity contribution in [1.82, 2.24) is 0 Å². The summed E-state index contributed by atoms with van der Waals surface area (Å²) in [6.07, 6.45) is 6.11. The first-order valence-electron chi connectivity index (χ1n) is 9.24. The van der Waals surface area contributed by atoms with Gasteiger partial charge in [0, 0.05) is 34.2 Å². The van der Waals surface area contributed by atoms with Crippen LogP contribution in [0.4, 0.5) is 26.3 Å². The number of likely N-dealkylation sites (tertiary alicyclic amines) is 1. The van der Waals surface area contributed by atoms with E-state index in [1.165, 1.54) is 45.3 Å².